The molecule has 1 amide bonds. The van der Waals surface area contributed by atoms with E-state index in [1.165, 1.54) is 0 Å². The molecule has 2 aliphatic rings. The number of anilines is 1. The van der Waals surface area contributed by atoms with Gasteiger partial charge in [0.1, 0.15) is 0 Å². The summed E-state index contributed by atoms with van der Waals surface area (Å²) in [6.07, 6.45) is 1.70. The molecule has 108 valence electrons. The van der Waals surface area contributed by atoms with Crippen LogP contribution in [0.25, 0.3) is 0 Å². The maximum Gasteiger partial charge on any atom is 0.254 e. The molecule has 0 atom stereocenters. The van der Waals surface area contributed by atoms with Crippen molar-refractivity contribution >= 4 is 23.2 Å². The molecule has 20 heavy (non-hydrogen) atoms. The van der Waals surface area contributed by atoms with Crippen molar-refractivity contribution in [2.45, 2.75) is 18.6 Å². The Kier molecular flexibility index (Phi) is 3.58. The highest BCUT2D eigenvalue weighted by Gasteiger charge is 2.42. The van der Waals surface area contributed by atoms with Gasteiger partial charge >= 0.3 is 0 Å². The van der Waals surface area contributed by atoms with E-state index in [4.69, 9.17) is 26.8 Å². The van der Waals surface area contributed by atoms with Crippen LogP contribution in [0.4, 0.5) is 5.69 Å². The molecular weight excluding hydrogens is 280 g/mol. The van der Waals surface area contributed by atoms with E-state index < -0.39 is 5.79 Å². The molecule has 1 aromatic rings. The predicted octanol–water partition coefficient (Wildman–Crippen LogP) is 1.90. The number of nitrogen functional groups attached to an aromatic ring is 1. The Labute approximate surface area is 122 Å². The van der Waals surface area contributed by atoms with E-state index >= 15 is 0 Å². The Morgan fingerprint density at radius 1 is 1.35 bits per heavy atom. The van der Waals surface area contributed by atoms with Gasteiger partial charge in [-0.3, -0.25) is 4.79 Å². The van der Waals surface area contributed by atoms with Gasteiger partial charge in [-0.15, -0.1) is 0 Å². The van der Waals surface area contributed by atoms with Gasteiger partial charge in [0.2, 0.25) is 0 Å². The molecule has 2 fully saturated rings. The third-order valence-electron chi connectivity index (χ3n) is 3.77. The summed E-state index contributed by atoms with van der Waals surface area (Å²) in [4.78, 5) is 14.3. The van der Waals surface area contributed by atoms with Crippen LogP contribution in [0, 0.1) is 0 Å². The van der Waals surface area contributed by atoms with E-state index in [0.717, 1.165) is 12.8 Å². The second-order valence-electron chi connectivity index (χ2n) is 5.17. The monoisotopic (exact) mass is 296 g/mol. The van der Waals surface area contributed by atoms with E-state index in [2.05, 4.69) is 0 Å². The van der Waals surface area contributed by atoms with E-state index in [1.54, 1.807) is 23.1 Å². The lowest BCUT2D eigenvalue weighted by Crippen LogP contribution is -2.51. The topological polar surface area (TPSA) is 64.8 Å². The van der Waals surface area contributed by atoms with Gasteiger partial charge in [-0.25, -0.2) is 0 Å². The van der Waals surface area contributed by atoms with Crippen molar-refractivity contribution in [2.24, 2.45) is 0 Å². The number of benzene rings is 1. The molecule has 0 aliphatic carbocycles. The highest BCUT2D eigenvalue weighted by molar-refractivity contribution is 6.33. The summed E-state index contributed by atoms with van der Waals surface area (Å²) in [5, 5.41) is 0.399. The van der Waals surface area contributed by atoms with Gasteiger partial charge in [-0.1, -0.05) is 11.6 Å². The van der Waals surface area contributed by atoms with Crippen molar-refractivity contribution < 1.29 is 14.3 Å². The molecule has 0 saturated carbocycles. The zero-order valence-electron chi connectivity index (χ0n) is 11.1. The molecule has 2 saturated heterocycles. The number of piperidine rings is 1. The van der Waals surface area contributed by atoms with Crippen LogP contribution in [0.1, 0.15) is 23.2 Å². The molecule has 2 heterocycles. The van der Waals surface area contributed by atoms with Crippen LogP contribution in [0.5, 0.6) is 0 Å². The average molecular weight is 297 g/mol. The molecule has 0 bridgehead atoms. The highest BCUT2D eigenvalue weighted by Crippen LogP contribution is 2.31. The number of rotatable bonds is 1. The lowest BCUT2D eigenvalue weighted by molar-refractivity contribution is -0.183. The molecule has 3 rings (SSSR count). The van der Waals surface area contributed by atoms with Crippen molar-refractivity contribution in [2.75, 3.05) is 32.0 Å². The van der Waals surface area contributed by atoms with E-state index in [0.29, 0.717) is 42.6 Å². The zero-order chi connectivity index (χ0) is 14.2. The molecule has 1 aromatic carbocycles. The number of likely N-dealkylation sites (tertiary alicyclic amines) is 1. The lowest BCUT2D eigenvalue weighted by atomic mass is 10.0. The third kappa shape index (κ3) is 2.49. The molecule has 2 N–H and O–H groups in total. The minimum Gasteiger partial charge on any atom is -0.398 e. The molecule has 1 spiro atoms. The van der Waals surface area contributed by atoms with Gasteiger partial charge in [0.15, 0.2) is 5.79 Å². The van der Waals surface area contributed by atoms with Crippen LogP contribution in [0.2, 0.25) is 5.02 Å². The van der Waals surface area contributed by atoms with Crippen molar-refractivity contribution in [3.63, 3.8) is 0 Å². The summed E-state index contributed by atoms with van der Waals surface area (Å²) in [7, 11) is 0. The molecule has 0 unspecified atom stereocenters. The summed E-state index contributed by atoms with van der Waals surface area (Å²) in [5.74, 6) is -0.670. The Morgan fingerprint density at radius 3 is 2.80 bits per heavy atom. The Morgan fingerprint density at radius 2 is 2.10 bits per heavy atom. The molecular formula is C14H17ClN2O3. The standard InChI is InChI=1S/C14H17ClN2O3/c15-11-8-10(2-3-12(11)16)13(18)17-5-1-4-14(9-17)19-6-7-20-14/h2-3,8H,1,4-7,9,16H2. The van der Waals surface area contributed by atoms with Crippen LogP contribution in [0.3, 0.4) is 0 Å². The summed E-state index contributed by atoms with van der Waals surface area (Å²) in [5.41, 5.74) is 6.68. The quantitative estimate of drug-likeness (QED) is 0.804. The number of hydrogen-bond acceptors (Lipinski definition) is 4. The fourth-order valence-corrected chi connectivity index (χ4v) is 2.92. The number of carbonyl (C=O) groups is 1. The van der Waals surface area contributed by atoms with Gasteiger partial charge < -0.3 is 20.1 Å². The first kappa shape index (κ1) is 13.7. The Balaban J connectivity index is 1.77. The SMILES string of the molecule is Nc1ccc(C(=O)N2CCCC3(C2)OCCO3)cc1Cl. The summed E-state index contributed by atoms with van der Waals surface area (Å²) in [6.45, 7) is 2.36. The third-order valence-corrected chi connectivity index (χ3v) is 4.09. The number of nitrogens with two attached hydrogens (primary N) is 1. The van der Waals surface area contributed by atoms with Crippen LogP contribution in [0.15, 0.2) is 18.2 Å². The minimum absolute atomic E-state index is 0.0647. The maximum absolute atomic E-state index is 12.5. The van der Waals surface area contributed by atoms with Crippen LogP contribution in [-0.4, -0.2) is 42.9 Å². The Hall–Kier alpha value is -1.30. The van der Waals surface area contributed by atoms with E-state index in [9.17, 15) is 4.79 Å². The van der Waals surface area contributed by atoms with Gasteiger partial charge in [0.25, 0.3) is 5.91 Å². The normalized spacial score (nSPS) is 21.4. The van der Waals surface area contributed by atoms with Gasteiger partial charge in [0, 0.05) is 18.5 Å². The van der Waals surface area contributed by atoms with Gasteiger partial charge in [0.05, 0.1) is 30.5 Å². The first-order chi connectivity index (χ1) is 9.60. The van der Waals surface area contributed by atoms with Gasteiger partial charge in [-0.2, -0.15) is 0 Å². The van der Waals surface area contributed by atoms with Crippen molar-refractivity contribution in [3.05, 3.63) is 28.8 Å². The summed E-state index contributed by atoms with van der Waals surface area (Å²) >= 11 is 5.97. The Bertz CT molecular complexity index is 529. The highest BCUT2D eigenvalue weighted by atomic mass is 35.5. The fraction of sp³-hybridized carbons (Fsp3) is 0.500. The number of nitrogens with zero attached hydrogens (tertiary/aromatic N) is 1. The van der Waals surface area contributed by atoms with Crippen molar-refractivity contribution in [1.29, 1.82) is 0 Å². The second kappa shape index (κ2) is 5.24. The molecule has 0 aromatic heterocycles. The average Bonchev–Trinajstić information content (AvgIpc) is 2.89. The molecule has 2 aliphatic heterocycles. The molecule has 5 nitrogen and oxygen atoms in total. The van der Waals surface area contributed by atoms with Crippen molar-refractivity contribution in [3.8, 4) is 0 Å². The first-order valence-corrected chi connectivity index (χ1v) is 7.10. The summed E-state index contributed by atoms with van der Waals surface area (Å²) < 4.78 is 11.4. The van der Waals surface area contributed by atoms with Crippen LogP contribution in [-0.2, 0) is 9.47 Å². The minimum atomic E-state index is -0.606. The number of hydrogen-bond donors (Lipinski definition) is 1. The second-order valence-corrected chi connectivity index (χ2v) is 5.58. The van der Waals surface area contributed by atoms with Gasteiger partial charge in [-0.05, 0) is 24.6 Å². The number of carbonyl (C=O) groups excluding carboxylic acids is 1. The van der Waals surface area contributed by atoms with E-state index in [1.807, 2.05) is 0 Å². The number of amides is 1. The van der Waals surface area contributed by atoms with Crippen molar-refractivity contribution in [1.82, 2.24) is 4.90 Å². The molecule has 0 radical (unpaired) electrons. The number of halogens is 1. The van der Waals surface area contributed by atoms with Crippen LogP contribution >= 0.6 is 11.6 Å². The van der Waals surface area contributed by atoms with Crippen LogP contribution < -0.4 is 5.73 Å². The first-order valence-electron chi connectivity index (χ1n) is 6.72. The predicted molar refractivity (Wildman–Crippen MR) is 75.6 cm³/mol. The zero-order valence-corrected chi connectivity index (χ0v) is 11.9. The molecule has 6 heteroatoms. The maximum atomic E-state index is 12.5. The fourth-order valence-electron chi connectivity index (χ4n) is 2.74. The number of ether oxygens (including phenoxy) is 2. The van der Waals surface area contributed by atoms with E-state index in [-0.39, 0.29) is 5.91 Å². The lowest BCUT2D eigenvalue weighted by Gasteiger charge is -2.38. The summed E-state index contributed by atoms with van der Waals surface area (Å²) in [6, 6.07) is 4.95. The largest absolute Gasteiger partial charge is 0.398 e. The smallest absolute Gasteiger partial charge is 0.254 e.